The average Bonchev–Trinajstić information content (AvgIpc) is 2.71. The molecular formula is C22H17FN2O3. The number of rotatable bonds is 6. The van der Waals surface area contributed by atoms with Crippen LogP contribution >= 0.6 is 0 Å². The molecule has 3 aromatic rings. The van der Waals surface area contributed by atoms with E-state index >= 15 is 0 Å². The zero-order chi connectivity index (χ0) is 19.9. The van der Waals surface area contributed by atoms with Gasteiger partial charge < -0.3 is 14.8 Å². The molecule has 28 heavy (non-hydrogen) atoms. The van der Waals surface area contributed by atoms with Crippen molar-refractivity contribution >= 4 is 11.6 Å². The molecule has 6 heteroatoms. The van der Waals surface area contributed by atoms with Crippen LogP contribution in [0.4, 0.5) is 10.1 Å². The number of nitrogens with zero attached hydrogens (tertiary/aromatic N) is 1. The van der Waals surface area contributed by atoms with E-state index in [1.165, 1.54) is 12.1 Å². The molecule has 1 unspecified atom stereocenters. The van der Waals surface area contributed by atoms with E-state index in [-0.39, 0.29) is 5.69 Å². The standard InChI is InChI=1S/C22H17FN2O3/c1-15(22(26)25-21-5-3-2-4-20(21)23)27-17-10-12-19(13-11-17)28-18-8-6-16(14-24)7-9-18/h2-13,15H,1H3,(H,25,26). The van der Waals surface area contributed by atoms with Crippen LogP contribution in [0.15, 0.2) is 72.8 Å². The van der Waals surface area contributed by atoms with Crippen molar-refractivity contribution < 1.29 is 18.7 Å². The molecule has 5 nitrogen and oxygen atoms in total. The molecule has 140 valence electrons. The number of para-hydroxylation sites is 1. The third-order valence-corrected chi connectivity index (χ3v) is 3.86. The normalized spacial score (nSPS) is 11.2. The van der Waals surface area contributed by atoms with Gasteiger partial charge in [-0.2, -0.15) is 5.26 Å². The predicted molar refractivity (Wildman–Crippen MR) is 103 cm³/mol. The van der Waals surface area contributed by atoms with Crippen molar-refractivity contribution in [1.29, 1.82) is 5.26 Å². The molecule has 1 N–H and O–H groups in total. The van der Waals surface area contributed by atoms with E-state index in [9.17, 15) is 9.18 Å². The highest BCUT2D eigenvalue weighted by molar-refractivity contribution is 5.94. The number of hydrogen-bond donors (Lipinski definition) is 1. The topological polar surface area (TPSA) is 71.3 Å². The molecule has 0 aromatic heterocycles. The fourth-order valence-corrected chi connectivity index (χ4v) is 2.37. The largest absolute Gasteiger partial charge is 0.481 e. The summed E-state index contributed by atoms with van der Waals surface area (Å²) in [6.45, 7) is 1.58. The van der Waals surface area contributed by atoms with Gasteiger partial charge in [0.25, 0.3) is 5.91 Å². The minimum atomic E-state index is -0.815. The highest BCUT2D eigenvalue weighted by atomic mass is 19.1. The molecule has 3 rings (SSSR count). The van der Waals surface area contributed by atoms with Gasteiger partial charge in [0, 0.05) is 0 Å². The van der Waals surface area contributed by atoms with Gasteiger partial charge in [0.05, 0.1) is 17.3 Å². The first-order valence-electron chi connectivity index (χ1n) is 8.55. The molecule has 0 saturated heterocycles. The second-order valence-corrected chi connectivity index (χ2v) is 5.94. The van der Waals surface area contributed by atoms with Crippen molar-refractivity contribution in [2.45, 2.75) is 13.0 Å². The molecule has 1 atom stereocenters. The highest BCUT2D eigenvalue weighted by Gasteiger charge is 2.16. The monoisotopic (exact) mass is 376 g/mol. The van der Waals surface area contributed by atoms with Crippen LogP contribution in [-0.4, -0.2) is 12.0 Å². The summed E-state index contributed by atoms with van der Waals surface area (Å²) < 4.78 is 24.9. The number of carbonyl (C=O) groups is 1. The number of amides is 1. The molecule has 0 radical (unpaired) electrons. The van der Waals surface area contributed by atoms with Crippen molar-refractivity contribution in [2.75, 3.05) is 5.32 Å². The Morgan fingerprint density at radius 3 is 2.14 bits per heavy atom. The van der Waals surface area contributed by atoms with Gasteiger partial charge in [0.2, 0.25) is 0 Å². The third kappa shape index (κ3) is 4.86. The molecular weight excluding hydrogens is 359 g/mol. The molecule has 0 aliphatic rings. The maximum Gasteiger partial charge on any atom is 0.265 e. The van der Waals surface area contributed by atoms with E-state index in [2.05, 4.69) is 5.32 Å². The van der Waals surface area contributed by atoms with Gasteiger partial charge in [-0.05, 0) is 67.6 Å². The van der Waals surface area contributed by atoms with Gasteiger partial charge in [-0.25, -0.2) is 4.39 Å². The number of nitrogens with one attached hydrogen (secondary N) is 1. The number of carbonyl (C=O) groups excluding carboxylic acids is 1. The minimum absolute atomic E-state index is 0.106. The Bertz CT molecular complexity index is 996. The van der Waals surface area contributed by atoms with Gasteiger partial charge >= 0.3 is 0 Å². The van der Waals surface area contributed by atoms with Crippen LogP contribution in [0, 0.1) is 17.1 Å². The Labute approximate surface area is 162 Å². The smallest absolute Gasteiger partial charge is 0.265 e. The van der Waals surface area contributed by atoms with E-state index in [0.717, 1.165) is 0 Å². The molecule has 0 saturated carbocycles. The van der Waals surface area contributed by atoms with Crippen LogP contribution < -0.4 is 14.8 Å². The Balaban J connectivity index is 1.57. The Morgan fingerprint density at radius 2 is 1.54 bits per heavy atom. The maximum atomic E-state index is 13.6. The second kappa shape index (κ2) is 8.69. The van der Waals surface area contributed by atoms with Crippen LogP contribution in [0.5, 0.6) is 17.2 Å². The Morgan fingerprint density at radius 1 is 0.964 bits per heavy atom. The van der Waals surface area contributed by atoms with Crippen LogP contribution in [0.25, 0.3) is 0 Å². The summed E-state index contributed by atoms with van der Waals surface area (Å²) in [6.07, 6.45) is -0.815. The lowest BCUT2D eigenvalue weighted by molar-refractivity contribution is -0.122. The summed E-state index contributed by atoms with van der Waals surface area (Å²) in [6, 6.07) is 21.5. The van der Waals surface area contributed by atoms with E-state index < -0.39 is 17.8 Å². The van der Waals surface area contributed by atoms with Crippen molar-refractivity contribution in [2.24, 2.45) is 0 Å². The molecule has 3 aromatic carbocycles. The SMILES string of the molecule is CC(Oc1ccc(Oc2ccc(C#N)cc2)cc1)C(=O)Nc1ccccc1F. The van der Waals surface area contributed by atoms with E-state index in [1.807, 2.05) is 6.07 Å². The van der Waals surface area contributed by atoms with Crippen LogP contribution in [0.3, 0.4) is 0 Å². The van der Waals surface area contributed by atoms with Gasteiger partial charge in [0.15, 0.2) is 6.10 Å². The van der Waals surface area contributed by atoms with E-state index in [4.69, 9.17) is 14.7 Å². The zero-order valence-corrected chi connectivity index (χ0v) is 15.1. The van der Waals surface area contributed by atoms with E-state index in [0.29, 0.717) is 22.8 Å². The third-order valence-electron chi connectivity index (χ3n) is 3.86. The van der Waals surface area contributed by atoms with Crippen molar-refractivity contribution in [1.82, 2.24) is 0 Å². The minimum Gasteiger partial charge on any atom is -0.481 e. The summed E-state index contributed by atoms with van der Waals surface area (Å²) in [5, 5.41) is 11.3. The number of anilines is 1. The second-order valence-electron chi connectivity index (χ2n) is 5.94. The molecule has 0 aliphatic carbocycles. The molecule has 0 spiro atoms. The summed E-state index contributed by atoms with van der Waals surface area (Å²) in [4.78, 5) is 12.2. The average molecular weight is 376 g/mol. The Hall–Kier alpha value is -3.85. The fraction of sp³-hybridized carbons (Fsp3) is 0.0909. The van der Waals surface area contributed by atoms with E-state index in [1.54, 1.807) is 67.6 Å². The predicted octanol–water partition coefficient (Wildman–Crippen LogP) is 4.90. The highest BCUT2D eigenvalue weighted by Crippen LogP contribution is 2.24. The lowest BCUT2D eigenvalue weighted by Crippen LogP contribution is -2.30. The molecule has 0 fully saturated rings. The number of nitriles is 1. The number of halogens is 1. The van der Waals surface area contributed by atoms with Crippen molar-refractivity contribution in [3.63, 3.8) is 0 Å². The first-order chi connectivity index (χ1) is 13.5. The van der Waals surface area contributed by atoms with Gasteiger partial charge in [-0.1, -0.05) is 12.1 Å². The molecule has 1 amide bonds. The van der Waals surface area contributed by atoms with Gasteiger partial charge in [0.1, 0.15) is 23.1 Å². The zero-order valence-electron chi connectivity index (χ0n) is 15.1. The maximum absolute atomic E-state index is 13.6. The lowest BCUT2D eigenvalue weighted by atomic mass is 10.2. The summed E-state index contributed by atoms with van der Waals surface area (Å²) in [5.41, 5.74) is 0.660. The lowest BCUT2D eigenvalue weighted by Gasteiger charge is -2.15. The van der Waals surface area contributed by atoms with Crippen molar-refractivity contribution in [3.05, 3.63) is 84.2 Å². The first kappa shape index (κ1) is 18.9. The number of benzene rings is 3. The van der Waals surface area contributed by atoms with Crippen LogP contribution in [0.2, 0.25) is 0 Å². The van der Waals surface area contributed by atoms with Crippen LogP contribution in [0.1, 0.15) is 12.5 Å². The fourth-order valence-electron chi connectivity index (χ4n) is 2.37. The molecule has 0 bridgehead atoms. The molecule has 0 heterocycles. The quantitative estimate of drug-likeness (QED) is 0.664. The van der Waals surface area contributed by atoms with Crippen molar-refractivity contribution in [3.8, 4) is 23.3 Å². The van der Waals surface area contributed by atoms with Gasteiger partial charge in [-0.15, -0.1) is 0 Å². The molecule has 0 aliphatic heterocycles. The first-order valence-corrected chi connectivity index (χ1v) is 8.55. The summed E-state index contributed by atoms with van der Waals surface area (Å²) in [7, 11) is 0. The number of hydrogen-bond acceptors (Lipinski definition) is 4. The van der Waals surface area contributed by atoms with Gasteiger partial charge in [-0.3, -0.25) is 4.79 Å². The Kier molecular flexibility index (Phi) is 5.87. The van der Waals surface area contributed by atoms with Crippen LogP contribution in [-0.2, 0) is 4.79 Å². The summed E-state index contributed by atoms with van der Waals surface area (Å²) >= 11 is 0. The summed E-state index contributed by atoms with van der Waals surface area (Å²) in [5.74, 6) is 0.699. The number of ether oxygens (including phenoxy) is 2.